The first kappa shape index (κ1) is 14.8. The third-order valence-electron chi connectivity index (χ3n) is 3.76. The number of nitriles is 1. The second kappa shape index (κ2) is 7.28. The van der Waals surface area contributed by atoms with Crippen molar-refractivity contribution in [3.63, 3.8) is 0 Å². The molecule has 0 aliphatic carbocycles. The highest BCUT2D eigenvalue weighted by molar-refractivity contribution is 5.36. The van der Waals surface area contributed by atoms with Crippen LogP contribution in [-0.2, 0) is 0 Å². The summed E-state index contributed by atoms with van der Waals surface area (Å²) in [5.41, 5.74) is 0.643. The van der Waals surface area contributed by atoms with E-state index in [-0.39, 0.29) is 0 Å². The van der Waals surface area contributed by atoms with Gasteiger partial charge in [-0.1, -0.05) is 6.07 Å². The minimum absolute atomic E-state index is 0.643. The standard InChI is InChI=1S/C16H23N3O/c1-18-7-6-15(12-18)13-19(2)8-9-20-16-5-3-4-14(10-16)11-17/h3-5,10,15H,6-9,12-13H2,1-2H3. The van der Waals surface area contributed by atoms with Gasteiger partial charge in [-0.3, -0.25) is 0 Å². The van der Waals surface area contributed by atoms with E-state index < -0.39 is 0 Å². The Balaban J connectivity index is 1.68. The van der Waals surface area contributed by atoms with E-state index in [1.165, 1.54) is 19.5 Å². The highest BCUT2D eigenvalue weighted by Crippen LogP contribution is 2.15. The Morgan fingerprint density at radius 2 is 2.35 bits per heavy atom. The molecule has 0 bridgehead atoms. The molecule has 4 nitrogen and oxygen atoms in total. The van der Waals surface area contributed by atoms with E-state index in [0.717, 1.165) is 24.8 Å². The molecule has 0 N–H and O–H groups in total. The lowest BCUT2D eigenvalue weighted by Gasteiger charge is -2.21. The van der Waals surface area contributed by atoms with Crippen LogP contribution in [0.5, 0.6) is 5.75 Å². The molecule has 1 aliphatic heterocycles. The smallest absolute Gasteiger partial charge is 0.120 e. The Morgan fingerprint density at radius 1 is 1.50 bits per heavy atom. The third kappa shape index (κ3) is 4.52. The molecule has 1 atom stereocenters. The van der Waals surface area contributed by atoms with Crippen LogP contribution in [0.3, 0.4) is 0 Å². The number of likely N-dealkylation sites (tertiary alicyclic amines) is 1. The van der Waals surface area contributed by atoms with Crippen LogP contribution in [0.1, 0.15) is 12.0 Å². The van der Waals surface area contributed by atoms with Gasteiger partial charge < -0.3 is 14.5 Å². The van der Waals surface area contributed by atoms with E-state index in [1.54, 1.807) is 12.1 Å². The monoisotopic (exact) mass is 273 g/mol. The molecule has 20 heavy (non-hydrogen) atoms. The van der Waals surface area contributed by atoms with Crippen molar-refractivity contribution in [3.8, 4) is 11.8 Å². The van der Waals surface area contributed by atoms with E-state index in [1.807, 2.05) is 12.1 Å². The largest absolute Gasteiger partial charge is 0.492 e. The van der Waals surface area contributed by atoms with E-state index in [2.05, 4.69) is 30.0 Å². The van der Waals surface area contributed by atoms with Gasteiger partial charge in [-0.15, -0.1) is 0 Å². The van der Waals surface area contributed by atoms with Crippen molar-refractivity contribution >= 4 is 0 Å². The van der Waals surface area contributed by atoms with Crippen LogP contribution in [0, 0.1) is 17.2 Å². The fraction of sp³-hybridized carbons (Fsp3) is 0.562. The topological polar surface area (TPSA) is 39.5 Å². The summed E-state index contributed by atoms with van der Waals surface area (Å²) in [7, 11) is 4.33. The van der Waals surface area contributed by atoms with Crippen LogP contribution in [0.2, 0.25) is 0 Å². The van der Waals surface area contributed by atoms with Gasteiger partial charge in [-0.05, 0) is 51.2 Å². The lowest BCUT2D eigenvalue weighted by molar-refractivity contribution is 0.215. The zero-order valence-electron chi connectivity index (χ0n) is 12.4. The van der Waals surface area contributed by atoms with E-state index in [4.69, 9.17) is 10.00 Å². The van der Waals surface area contributed by atoms with Gasteiger partial charge in [0, 0.05) is 19.6 Å². The van der Waals surface area contributed by atoms with Crippen molar-refractivity contribution in [2.75, 3.05) is 46.9 Å². The Bertz CT molecular complexity index is 469. The molecular weight excluding hydrogens is 250 g/mol. The van der Waals surface area contributed by atoms with Gasteiger partial charge in [-0.2, -0.15) is 5.26 Å². The van der Waals surface area contributed by atoms with Crippen LogP contribution in [0.15, 0.2) is 24.3 Å². The number of rotatable bonds is 6. The zero-order chi connectivity index (χ0) is 14.4. The molecule has 0 amide bonds. The van der Waals surface area contributed by atoms with Crippen molar-refractivity contribution in [2.24, 2.45) is 5.92 Å². The van der Waals surface area contributed by atoms with Crippen LogP contribution >= 0.6 is 0 Å². The van der Waals surface area contributed by atoms with Crippen LogP contribution in [0.25, 0.3) is 0 Å². The molecule has 2 rings (SSSR count). The number of hydrogen-bond donors (Lipinski definition) is 0. The van der Waals surface area contributed by atoms with Crippen LogP contribution in [-0.4, -0.2) is 56.7 Å². The number of likely N-dealkylation sites (N-methyl/N-ethyl adjacent to an activating group) is 1. The molecule has 1 unspecified atom stereocenters. The van der Waals surface area contributed by atoms with E-state index >= 15 is 0 Å². The SMILES string of the molecule is CN(CCOc1cccc(C#N)c1)CC1CCN(C)C1. The number of nitrogens with zero attached hydrogens (tertiary/aromatic N) is 3. The second-order valence-corrected chi connectivity index (χ2v) is 5.67. The quantitative estimate of drug-likeness (QED) is 0.792. The van der Waals surface area contributed by atoms with Crippen molar-refractivity contribution in [2.45, 2.75) is 6.42 Å². The summed E-state index contributed by atoms with van der Waals surface area (Å²) in [6.07, 6.45) is 1.30. The summed E-state index contributed by atoms with van der Waals surface area (Å²) in [5.74, 6) is 1.56. The molecule has 1 aromatic rings. The minimum Gasteiger partial charge on any atom is -0.492 e. The Morgan fingerprint density at radius 3 is 3.05 bits per heavy atom. The first-order valence-electron chi connectivity index (χ1n) is 7.17. The summed E-state index contributed by atoms with van der Waals surface area (Å²) in [5, 5.41) is 8.84. The lowest BCUT2D eigenvalue weighted by atomic mass is 10.1. The normalized spacial score (nSPS) is 19.2. The molecule has 1 saturated heterocycles. The first-order valence-corrected chi connectivity index (χ1v) is 7.17. The third-order valence-corrected chi connectivity index (χ3v) is 3.76. The summed E-state index contributed by atoms with van der Waals surface area (Å²) in [4.78, 5) is 4.72. The van der Waals surface area contributed by atoms with Crippen molar-refractivity contribution in [1.82, 2.24) is 9.80 Å². The van der Waals surface area contributed by atoms with Gasteiger partial charge >= 0.3 is 0 Å². The highest BCUT2D eigenvalue weighted by atomic mass is 16.5. The highest BCUT2D eigenvalue weighted by Gasteiger charge is 2.20. The van der Waals surface area contributed by atoms with Crippen molar-refractivity contribution < 1.29 is 4.74 Å². The maximum absolute atomic E-state index is 8.84. The number of ether oxygens (including phenoxy) is 1. The fourth-order valence-corrected chi connectivity index (χ4v) is 2.68. The average Bonchev–Trinajstić information content (AvgIpc) is 2.84. The minimum atomic E-state index is 0.643. The molecular formula is C16H23N3O. The van der Waals surface area contributed by atoms with Gasteiger partial charge in [0.1, 0.15) is 12.4 Å². The van der Waals surface area contributed by atoms with Gasteiger partial charge in [0.2, 0.25) is 0 Å². The van der Waals surface area contributed by atoms with Gasteiger partial charge in [0.15, 0.2) is 0 Å². The molecule has 0 saturated carbocycles. The van der Waals surface area contributed by atoms with Gasteiger partial charge in [0.25, 0.3) is 0 Å². The molecule has 0 radical (unpaired) electrons. The van der Waals surface area contributed by atoms with Crippen molar-refractivity contribution in [3.05, 3.63) is 29.8 Å². The van der Waals surface area contributed by atoms with Gasteiger partial charge in [-0.25, -0.2) is 0 Å². The molecule has 1 heterocycles. The van der Waals surface area contributed by atoms with Crippen molar-refractivity contribution in [1.29, 1.82) is 5.26 Å². The van der Waals surface area contributed by atoms with Crippen LogP contribution in [0.4, 0.5) is 0 Å². The van der Waals surface area contributed by atoms with Crippen LogP contribution < -0.4 is 4.74 Å². The summed E-state index contributed by atoms with van der Waals surface area (Å²) in [6, 6.07) is 9.44. The molecule has 1 fully saturated rings. The van der Waals surface area contributed by atoms with E-state index in [0.29, 0.717) is 12.2 Å². The van der Waals surface area contributed by atoms with E-state index in [9.17, 15) is 0 Å². The molecule has 4 heteroatoms. The average molecular weight is 273 g/mol. The first-order chi connectivity index (χ1) is 9.67. The summed E-state index contributed by atoms with van der Waals surface area (Å²) < 4.78 is 5.70. The maximum atomic E-state index is 8.84. The molecule has 0 aromatic heterocycles. The second-order valence-electron chi connectivity index (χ2n) is 5.67. The molecule has 1 aliphatic rings. The van der Waals surface area contributed by atoms with Gasteiger partial charge in [0.05, 0.1) is 11.6 Å². The Hall–Kier alpha value is -1.57. The molecule has 108 valence electrons. The number of benzene rings is 1. The maximum Gasteiger partial charge on any atom is 0.120 e. The summed E-state index contributed by atoms with van der Waals surface area (Å²) >= 11 is 0. The fourth-order valence-electron chi connectivity index (χ4n) is 2.68. The Kier molecular flexibility index (Phi) is 5.40. The molecule has 0 spiro atoms. The predicted molar refractivity (Wildman–Crippen MR) is 79.8 cm³/mol. The lowest BCUT2D eigenvalue weighted by Crippen LogP contribution is -2.30. The predicted octanol–water partition coefficient (Wildman–Crippen LogP) is 1.82. The Labute approximate surface area is 121 Å². The zero-order valence-corrected chi connectivity index (χ0v) is 12.4. The summed E-state index contributed by atoms with van der Waals surface area (Å²) in [6.45, 7) is 5.13. The number of hydrogen-bond acceptors (Lipinski definition) is 4. The molecule has 1 aromatic carbocycles.